The minimum atomic E-state index is 0.0306. The van der Waals surface area contributed by atoms with E-state index in [1.165, 1.54) is 12.8 Å². The first-order valence-electron chi connectivity index (χ1n) is 6.92. The van der Waals surface area contributed by atoms with Crippen LogP contribution >= 0.6 is 15.9 Å². The van der Waals surface area contributed by atoms with E-state index in [2.05, 4.69) is 47.0 Å². The third-order valence-corrected chi connectivity index (χ3v) is 4.13. The van der Waals surface area contributed by atoms with E-state index in [4.69, 9.17) is 9.72 Å². The van der Waals surface area contributed by atoms with E-state index >= 15 is 0 Å². The van der Waals surface area contributed by atoms with E-state index in [0.717, 1.165) is 28.4 Å². The number of nitrogens with one attached hydrogen (secondary N) is 1. The highest BCUT2D eigenvalue weighted by Crippen LogP contribution is 2.43. The van der Waals surface area contributed by atoms with Crippen LogP contribution in [0.1, 0.15) is 57.2 Å². The molecule has 1 N–H and O–H groups in total. The van der Waals surface area contributed by atoms with Crippen molar-refractivity contribution in [1.82, 2.24) is 9.97 Å². The number of halogens is 1. The molecule has 1 fully saturated rings. The van der Waals surface area contributed by atoms with Crippen LogP contribution in [-0.4, -0.2) is 23.6 Å². The fourth-order valence-corrected chi connectivity index (χ4v) is 2.96. The minimum Gasteiger partial charge on any atom is -0.373 e. The highest BCUT2D eigenvalue weighted by Gasteiger charge is 2.35. The van der Waals surface area contributed by atoms with E-state index in [-0.39, 0.29) is 6.10 Å². The standard InChI is InChI=1S/C14H22BrN3O/c1-5-16-13-10(15)11(8(2)3)17-14(18-13)12(19-4)9-6-7-9/h8-9,12H,5-7H2,1-4H3,(H,16,17,18). The first kappa shape index (κ1) is 14.7. The van der Waals surface area contributed by atoms with E-state index in [0.29, 0.717) is 11.8 Å². The van der Waals surface area contributed by atoms with Gasteiger partial charge in [0.05, 0.1) is 10.2 Å². The predicted molar refractivity (Wildman–Crippen MR) is 80.5 cm³/mol. The Morgan fingerprint density at radius 2 is 2.05 bits per heavy atom. The molecule has 106 valence electrons. The molecule has 1 unspecified atom stereocenters. The zero-order chi connectivity index (χ0) is 14.0. The van der Waals surface area contributed by atoms with Gasteiger partial charge in [-0.3, -0.25) is 0 Å². The van der Waals surface area contributed by atoms with Gasteiger partial charge in [0.2, 0.25) is 0 Å². The summed E-state index contributed by atoms with van der Waals surface area (Å²) in [6.07, 6.45) is 2.46. The number of hydrogen-bond donors (Lipinski definition) is 1. The summed E-state index contributed by atoms with van der Waals surface area (Å²) in [4.78, 5) is 9.37. The van der Waals surface area contributed by atoms with Gasteiger partial charge in [0.1, 0.15) is 11.9 Å². The second-order valence-corrected chi connectivity index (χ2v) is 6.10. The summed E-state index contributed by atoms with van der Waals surface area (Å²) in [6, 6.07) is 0. The molecule has 0 bridgehead atoms. The van der Waals surface area contributed by atoms with Crippen molar-refractivity contribution in [3.05, 3.63) is 16.0 Å². The highest BCUT2D eigenvalue weighted by atomic mass is 79.9. The van der Waals surface area contributed by atoms with E-state index in [1.54, 1.807) is 7.11 Å². The molecule has 0 aromatic carbocycles. The third kappa shape index (κ3) is 3.26. The Labute approximate surface area is 123 Å². The van der Waals surface area contributed by atoms with Crippen molar-refractivity contribution in [3.8, 4) is 0 Å². The van der Waals surface area contributed by atoms with Crippen LogP contribution in [0.5, 0.6) is 0 Å². The van der Waals surface area contributed by atoms with Gasteiger partial charge in [0.15, 0.2) is 5.82 Å². The van der Waals surface area contributed by atoms with Gasteiger partial charge >= 0.3 is 0 Å². The Kier molecular flexibility index (Phi) is 4.79. The largest absolute Gasteiger partial charge is 0.373 e. The monoisotopic (exact) mass is 327 g/mol. The molecule has 2 rings (SSSR count). The maximum absolute atomic E-state index is 5.60. The lowest BCUT2D eigenvalue weighted by molar-refractivity contribution is 0.0770. The molecule has 1 saturated carbocycles. The number of hydrogen-bond acceptors (Lipinski definition) is 4. The predicted octanol–water partition coefficient (Wildman–Crippen LogP) is 3.89. The molecule has 1 aromatic rings. The molecule has 1 aliphatic carbocycles. The van der Waals surface area contributed by atoms with Crippen molar-refractivity contribution in [2.24, 2.45) is 5.92 Å². The van der Waals surface area contributed by atoms with Crippen LogP contribution in [0.4, 0.5) is 5.82 Å². The number of anilines is 1. The molecular formula is C14H22BrN3O. The first-order valence-corrected chi connectivity index (χ1v) is 7.71. The number of nitrogens with zero attached hydrogens (tertiary/aromatic N) is 2. The lowest BCUT2D eigenvalue weighted by Crippen LogP contribution is -2.14. The second-order valence-electron chi connectivity index (χ2n) is 5.31. The molecule has 1 atom stereocenters. The number of aromatic nitrogens is 2. The van der Waals surface area contributed by atoms with Gasteiger partial charge in [0.25, 0.3) is 0 Å². The average Bonchev–Trinajstić information content (AvgIpc) is 3.18. The third-order valence-electron chi connectivity index (χ3n) is 3.34. The maximum atomic E-state index is 5.60. The van der Waals surface area contributed by atoms with Crippen molar-refractivity contribution in [3.63, 3.8) is 0 Å². The fourth-order valence-electron chi connectivity index (χ4n) is 2.18. The molecule has 0 amide bonds. The molecule has 5 heteroatoms. The van der Waals surface area contributed by atoms with Crippen LogP contribution in [0, 0.1) is 5.92 Å². The Hall–Kier alpha value is -0.680. The van der Waals surface area contributed by atoms with Gasteiger partial charge < -0.3 is 10.1 Å². The van der Waals surface area contributed by atoms with Crippen molar-refractivity contribution < 1.29 is 4.74 Å². The van der Waals surface area contributed by atoms with Crippen LogP contribution in [0.15, 0.2) is 4.47 Å². The molecule has 0 radical (unpaired) electrons. The summed E-state index contributed by atoms with van der Waals surface area (Å²) in [6.45, 7) is 7.20. The summed E-state index contributed by atoms with van der Waals surface area (Å²) in [5, 5.41) is 3.30. The van der Waals surface area contributed by atoms with Gasteiger partial charge in [-0.05, 0) is 47.5 Å². The fraction of sp³-hybridized carbons (Fsp3) is 0.714. The Morgan fingerprint density at radius 1 is 1.37 bits per heavy atom. The summed E-state index contributed by atoms with van der Waals surface area (Å²) in [5.41, 5.74) is 1.05. The van der Waals surface area contributed by atoms with Crippen LogP contribution < -0.4 is 5.32 Å². The van der Waals surface area contributed by atoms with Crippen LogP contribution in [0.25, 0.3) is 0 Å². The summed E-state index contributed by atoms with van der Waals surface area (Å²) in [7, 11) is 1.75. The summed E-state index contributed by atoms with van der Waals surface area (Å²) in [5.74, 6) is 2.62. The zero-order valence-corrected chi connectivity index (χ0v) is 13.6. The molecule has 1 aromatic heterocycles. The van der Waals surface area contributed by atoms with E-state index in [9.17, 15) is 0 Å². The SMILES string of the molecule is CCNc1nc(C(OC)C2CC2)nc(C(C)C)c1Br. The van der Waals surface area contributed by atoms with Crippen LogP contribution in [-0.2, 0) is 4.74 Å². The lowest BCUT2D eigenvalue weighted by atomic mass is 10.1. The Balaban J connectivity index is 2.42. The average molecular weight is 328 g/mol. The first-order chi connectivity index (χ1) is 9.08. The zero-order valence-electron chi connectivity index (χ0n) is 12.0. The van der Waals surface area contributed by atoms with E-state index < -0.39 is 0 Å². The van der Waals surface area contributed by atoms with Gasteiger partial charge in [-0.15, -0.1) is 0 Å². The van der Waals surface area contributed by atoms with Gasteiger partial charge in [-0.2, -0.15) is 0 Å². The Morgan fingerprint density at radius 3 is 2.53 bits per heavy atom. The molecule has 1 aliphatic rings. The number of methoxy groups -OCH3 is 1. The summed E-state index contributed by atoms with van der Waals surface area (Å²) >= 11 is 3.61. The van der Waals surface area contributed by atoms with Crippen molar-refractivity contribution >= 4 is 21.7 Å². The van der Waals surface area contributed by atoms with Crippen LogP contribution in [0.2, 0.25) is 0 Å². The smallest absolute Gasteiger partial charge is 0.160 e. The molecule has 0 spiro atoms. The topological polar surface area (TPSA) is 47.0 Å². The molecule has 1 heterocycles. The molecule has 4 nitrogen and oxygen atoms in total. The highest BCUT2D eigenvalue weighted by molar-refractivity contribution is 9.10. The molecular weight excluding hydrogens is 306 g/mol. The van der Waals surface area contributed by atoms with Crippen LogP contribution in [0.3, 0.4) is 0 Å². The van der Waals surface area contributed by atoms with Gasteiger partial charge in [-0.25, -0.2) is 9.97 Å². The second kappa shape index (κ2) is 6.18. The van der Waals surface area contributed by atoms with Crippen molar-refractivity contribution in [1.29, 1.82) is 0 Å². The Bertz CT molecular complexity index is 447. The van der Waals surface area contributed by atoms with Gasteiger partial charge in [-0.1, -0.05) is 13.8 Å². The van der Waals surface area contributed by atoms with Crippen molar-refractivity contribution in [2.75, 3.05) is 19.0 Å². The number of rotatable bonds is 6. The van der Waals surface area contributed by atoms with Crippen molar-refractivity contribution in [2.45, 2.75) is 45.6 Å². The number of ether oxygens (including phenoxy) is 1. The molecule has 0 saturated heterocycles. The van der Waals surface area contributed by atoms with E-state index in [1.807, 2.05) is 0 Å². The lowest BCUT2D eigenvalue weighted by Gasteiger charge is -2.18. The molecule has 19 heavy (non-hydrogen) atoms. The normalized spacial score (nSPS) is 16.7. The maximum Gasteiger partial charge on any atom is 0.160 e. The molecule has 0 aliphatic heterocycles. The van der Waals surface area contributed by atoms with Gasteiger partial charge in [0, 0.05) is 13.7 Å². The quantitative estimate of drug-likeness (QED) is 0.860. The minimum absolute atomic E-state index is 0.0306. The summed E-state index contributed by atoms with van der Waals surface area (Å²) < 4.78 is 6.57.